The van der Waals surface area contributed by atoms with Crippen molar-refractivity contribution in [1.82, 2.24) is 4.90 Å². The normalized spacial score (nSPS) is 9.58. The summed E-state index contributed by atoms with van der Waals surface area (Å²) in [7, 11) is 5.05. The van der Waals surface area contributed by atoms with Gasteiger partial charge in [-0.05, 0) is 0 Å². The van der Waals surface area contributed by atoms with E-state index in [1.54, 1.807) is 32.2 Å². The van der Waals surface area contributed by atoms with Crippen molar-refractivity contribution < 1.29 is 9.53 Å². The van der Waals surface area contributed by atoms with Gasteiger partial charge in [0.25, 0.3) is 5.91 Å². The lowest BCUT2D eigenvalue weighted by Gasteiger charge is -2.06. The molecule has 1 heterocycles. The SMILES string of the molecule is COc1csc(C(=O)N(C)C)c1. The van der Waals surface area contributed by atoms with Gasteiger partial charge in [0.1, 0.15) is 5.75 Å². The van der Waals surface area contributed by atoms with Crippen LogP contribution >= 0.6 is 11.3 Å². The molecule has 1 rings (SSSR count). The minimum absolute atomic E-state index is 0.0169. The highest BCUT2D eigenvalue weighted by Gasteiger charge is 2.10. The molecule has 0 atom stereocenters. The van der Waals surface area contributed by atoms with Crippen LogP contribution in [0.1, 0.15) is 9.67 Å². The van der Waals surface area contributed by atoms with E-state index < -0.39 is 0 Å². The number of nitrogens with zero attached hydrogens (tertiary/aromatic N) is 1. The fourth-order valence-corrected chi connectivity index (χ4v) is 1.63. The van der Waals surface area contributed by atoms with Gasteiger partial charge >= 0.3 is 0 Å². The van der Waals surface area contributed by atoms with Crippen molar-refractivity contribution in [3.05, 3.63) is 16.3 Å². The number of hydrogen-bond acceptors (Lipinski definition) is 3. The number of methoxy groups -OCH3 is 1. The Balaban J connectivity index is 2.82. The second kappa shape index (κ2) is 3.58. The molecule has 0 fully saturated rings. The van der Waals surface area contributed by atoms with Crippen LogP contribution in [0, 0.1) is 0 Å². The average Bonchev–Trinajstić information content (AvgIpc) is 2.50. The Bertz CT molecular complexity index is 280. The summed E-state index contributed by atoms with van der Waals surface area (Å²) in [5.74, 6) is 0.758. The van der Waals surface area contributed by atoms with Gasteiger partial charge in [-0.1, -0.05) is 0 Å². The quantitative estimate of drug-likeness (QED) is 0.698. The molecule has 0 unspecified atom stereocenters. The van der Waals surface area contributed by atoms with E-state index >= 15 is 0 Å². The summed E-state index contributed by atoms with van der Waals surface area (Å²) >= 11 is 1.39. The first-order valence-electron chi connectivity index (χ1n) is 3.49. The Labute approximate surface area is 75.6 Å². The molecule has 0 aromatic carbocycles. The first kappa shape index (κ1) is 9.06. The van der Waals surface area contributed by atoms with Crippen LogP contribution in [0.2, 0.25) is 0 Å². The summed E-state index contributed by atoms with van der Waals surface area (Å²) in [5, 5.41) is 1.82. The van der Waals surface area contributed by atoms with Crippen LogP contribution in [-0.2, 0) is 0 Å². The molecular formula is C8H11NO2S. The molecule has 66 valence electrons. The van der Waals surface area contributed by atoms with Crippen LogP contribution in [0.15, 0.2) is 11.4 Å². The van der Waals surface area contributed by atoms with Crippen LogP contribution in [-0.4, -0.2) is 32.0 Å². The summed E-state index contributed by atoms with van der Waals surface area (Å²) in [4.78, 5) is 13.6. The molecule has 0 bridgehead atoms. The maximum atomic E-state index is 11.4. The van der Waals surface area contributed by atoms with Crippen molar-refractivity contribution in [1.29, 1.82) is 0 Å². The lowest BCUT2D eigenvalue weighted by Crippen LogP contribution is -2.20. The van der Waals surface area contributed by atoms with Gasteiger partial charge in [-0.2, -0.15) is 0 Å². The number of ether oxygens (including phenoxy) is 1. The second-order valence-electron chi connectivity index (χ2n) is 2.55. The van der Waals surface area contributed by atoms with Crippen molar-refractivity contribution >= 4 is 17.2 Å². The van der Waals surface area contributed by atoms with Gasteiger partial charge < -0.3 is 9.64 Å². The number of amides is 1. The van der Waals surface area contributed by atoms with Crippen LogP contribution in [0.5, 0.6) is 5.75 Å². The molecule has 0 radical (unpaired) electrons. The summed E-state index contributed by atoms with van der Waals surface area (Å²) < 4.78 is 4.96. The second-order valence-corrected chi connectivity index (χ2v) is 3.46. The fourth-order valence-electron chi connectivity index (χ4n) is 0.758. The van der Waals surface area contributed by atoms with E-state index in [0.29, 0.717) is 4.88 Å². The van der Waals surface area contributed by atoms with Crippen LogP contribution < -0.4 is 4.74 Å². The standard InChI is InChI=1S/C8H11NO2S/c1-9(2)8(10)7-4-6(11-3)5-12-7/h4-5H,1-3H3. The van der Waals surface area contributed by atoms with E-state index in [1.807, 2.05) is 5.38 Å². The molecule has 0 aliphatic carbocycles. The van der Waals surface area contributed by atoms with Gasteiger partial charge in [0.05, 0.1) is 12.0 Å². The Hall–Kier alpha value is -1.03. The van der Waals surface area contributed by atoms with E-state index in [1.165, 1.54) is 11.3 Å². The predicted molar refractivity (Wildman–Crippen MR) is 48.9 cm³/mol. The van der Waals surface area contributed by atoms with Crippen molar-refractivity contribution in [2.75, 3.05) is 21.2 Å². The average molecular weight is 185 g/mol. The van der Waals surface area contributed by atoms with Crippen molar-refractivity contribution in [3.8, 4) is 5.75 Å². The summed E-state index contributed by atoms with van der Waals surface area (Å²) in [5.41, 5.74) is 0. The van der Waals surface area contributed by atoms with E-state index in [4.69, 9.17) is 4.74 Å². The molecule has 0 aliphatic rings. The van der Waals surface area contributed by atoms with Crippen molar-refractivity contribution in [3.63, 3.8) is 0 Å². The van der Waals surface area contributed by atoms with Gasteiger partial charge in [0.2, 0.25) is 0 Å². The lowest BCUT2D eigenvalue weighted by molar-refractivity contribution is 0.0832. The van der Waals surface area contributed by atoms with E-state index in [0.717, 1.165) is 5.75 Å². The summed E-state index contributed by atoms with van der Waals surface area (Å²) in [6.07, 6.45) is 0. The zero-order valence-electron chi connectivity index (χ0n) is 7.33. The third kappa shape index (κ3) is 1.76. The minimum atomic E-state index is 0.0169. The van der Waals surface area contributed by atoms with Gasteiger partial charge in [0.15, 0.2) is 0 Å². The Kier molecular flexibility index (Phi) is 2.70. The molecule has 0 spiro atoms. The molecule has 0 saturated heterocycles. The van der Waals surface area contributed by atoms with Crippen molar-refractivity contribution in [2.45, 2.75) is 0 Å². The molecule has 4 heteroatoms. The van der Waals surface area contributed by atoms with Gasteiger partial charge in [0, 0.05) is 25.5 Å². The Morgan fingerprint density at radius 1 is 1.58 bits per heavy atom. The predicted octanol–water partition coefficient (Wildman–Crippen LogP) is 1.46. The zero-order chi connectivity index (χ0) is 9.14. The number of hydrogen-bond donors (Lipinski definition) is 0. The summed E-state index contributed by atoms with van der Waals surface area (Å²) in [6.45, 7) is 0. The Morgan fingerprint density at radius 3 is 2.67 bits per heavy atom. The number of thiophene rings is 1. The molecule has 3 nitrogen and oxygen atoms in total. The molecule has 12 heavy (non-hydrogen) atoms. The fraction of sp³-hybridized carbons (Fsp3) is 0.375. The molecule has 1 aromatic heterocycles. The number of carbonyl (C=O) groups excluding carboxylic acids is 1. The molecule has 1 aromatic rings. The van der Waals surface area contributed by atoms with Gasteiger partial charge in [-0.15, -0.1) is 11.3 Å². The monoisotopic (exact) mass is 185 g/mol. The highest BCUT2D eigenvalue weighted by atomic mass is 32.1. The largest absolute Gasteiger partial charge is 0.496 e. The number of carbonyl (C=O) groups is 1. The van der Waals surface area contributed by atoms with Gasteiger partial charge in [-0.25, -0.2) is 0 Å². The minimum Gasteiger partial charge on any atom is -0.496 e. The maximum Gasteiger partial charge on any atom is 0.263 e. The van der Waals surface area contributed by atoms with Gasteiger partial charge in [-0.3, -0.25) is 4.79 Å². The maximum absolute atomic E-state index is 11.4. The smallest absolute Gasteiger partial charge is 0.263 e. The molecule has 0 N–H and O–H groups in total. The molecular weight excluding hydrogens is 174 g/mol. The van der Waals surface area contributed by atoms with E-state index in [-0.39, 0.29) is 5.91 Å². The van der Waals surface area contributed by atoms with Crippen molar-refractivity contribution in [2.24, 2.45) is 0 Å². The molecule has 0 saturated carbocycles. The summed E-state index contributed by atoms with van der Waals surface area (Å²) in [6, 6.07) is 1.74. The van der Waals surface area contributed by atoms with Crippen LogP contribution in [0.4, 0.5) is 0 Å². The highest BCUT2D eigenvalue weighted by molar-refractivity contribution is 7.12. The zero-order valence-corrected chi connectivity index (χ0v) is 8.14. The van der Waals surface area contributed by atoms with Crippen LogP contribution in [0.3, 0.4) is 0 Å². The first-order valence-corrected chi connectivity index (χ1v) is 4.37. The number of rotatable bonds is 2. The topological polar surface area (TPSA) is 29.5 Å². The lowest BCUT2D eigenvalue weighted by atomic mass is 10.4. The van der Waals surface area contributed by atoms with Crippen LogP contribution in [0.25, 0.3) is 0 Å². The third-order valence-corrected chi connectivity index (χ3v) is 2.32. The third-order valence-electron chi connectivity index (χ3n) is 1.43. The Morgan fingerprint density at radius 2 is 2.25 bits per heavy atom. The van der Waals surface area contributed by atoms with E-state index in [9.17, 15) is 4.79 Å². The molecule has 0 aliphatic heterocycles. The first-order chi connectivity index (χ1) is 5.65. The van der Waals surface area contributed by atoms with E-state index in [2.05, 4.69) is 0 Å². The molecule has 1 amide bonds. The highest BCUT2D eigenvalue weighted by Crippen LogP contribution is 2.21.